The monoisotopic (exact) mass is 239 g/mol. The maximum absolute atomic E-state index is 13.2. The summed E-state index contributed by atoms with van der Waals surface area (Å²) in [4.78, 5) is 14.2. The third-order valence-electron chi connectivity index (χ3n) is 1.74. The van der Waals surface area contributed by atoms with Crippen molar-refractivity contribution in [2.24, 2.45) is 0 Å². The second-order valence-electron chi connectivity index (χ2n) is 2.84. The van der Waals surface area contributed by atoms with Gasteiger partial charge in [-0.15, -0.1) is 0 Å². The normalized spacial score (nSPS) is 10.1. The Labute approximate surface area is 93.9 Å². The van der Waals surface area contributed by atoms with Crippen molar-refractivity contribution in [3.8, 4) is 10.9 Å². The molecule has 1 aromatic heterocycles. The number of carboxylic acid groups (broad SMARTS) is 1. The first-order valence-corrected chi connectivity index (χ1v) is 5.16. The van der Waals surface area contributed by atoms with E-state index in [4.69, 9.17) is 9.84 Å². The molecule has 1 N–H and O–H groups in total. The van der Waals surface area contributed by atoms with Gasteiger partial charge in [0.15, 0.2) is 17.3 Å². The highest BCUT2D eigenvalue weighted by molar-refractivity contribution is 7.11. The van der Waals surface area contributed by atoms with Crippen LogP contribution in [0.5, 0.6) is 10.9 Å². The molecule has 1 heterocycles. The van der Waals surface area contributed by atoms with Crippen LogP contribution in [0, 0.1) is 5.82 Å². The van der Waals surface area contributed by atoms with Crippen molar-refractivity contribution in [2.45, 2.75) is 0 Å². The quantitative estimate of drug-likeness (QED) is 0.894. The van der Waals surface area contributed by atoms with Crippen molar-refractivity contribution in [3.63, 3.8) is 0 Å². The highest BCUT2D eigenvalue weighted by Gasteiger charge is 2.11. The van der Waals surface area contributed by atoms with Crippen LogP contribution in [-0.4, -0.2) is 16.1 Å². The van der Waals surface area contributed by atoms with Gasteiger partial charge in [-0.1, -0.05) is 23.5 Å². The number of hydrogen-bond donors (Lipinski definition) is 1. The molecule has 16 heavy (non-hydrogen) atoms. The molecule has 0 aliphatic rings. The van der Waals surface area contributed by atoms with Gasteiger partial charge in [-0.25, -0.2) is 9.18 Å². The van der Waals surface area contributed by atoms with E-state index < -0.39 is 11.8 Å². The number of aromatic nitrogens is 1. The Bertz CT molecular complexity index is 526. The maximum Gasteiger partial charge on any atom is 0.355 e. The fourth-order valence-corrected chi connectivity index (χ4v) is 1.68. The molecule has 0 fully saturated rings. The molecule has 2 aromatic rings. The van der Waals surface area contributed by atoms with Gasteiger partial charge >= 0.3 is 5.97 Å². The summed E-state index contributed by atoms with van der Waals surface area (Å²) in [5, 5.41) is 10.1. The first-order valence-electron chi connectivity index (χ1n) is 4.28. The van der Waals surface area contributed by atoms with Crippen molar-refractivity contribution in [2.75, 3.05) is 0 Å². The number of nitrogens with zero attached hydrogens (tertiary/aromatic N) is 1. The number of thiazole rings is 1. The second kappa shape index (κ2) is 4.28. The lowest BCUT2D eigenvalue weighted by atomic mass is 10.3. The van der Waals surface area contributed by atoms with Crippen LogP contribution in [0.25, 0.3) is 0 Å². The Morgan fingerprint density at radius 3 is 2.81 bits per heavy atom. The van der Waals surface area contributed by atoms with Gasteiger partial charge in [0.1, 0.15) is 0 Å². The molecule has 0 aliphatic carbocycles. The predicted octanol–water partition coefficient (Wildman–Crippen LogP) is 2.77. The summed E-state index contributed by atoms with van der Waals surface area (Å²) in [6.45, 7) is 0. The van der Waals surface area contributed by atoms with Crippen LogP contribution in [-0.2, 0) is 0 Å². The summed E-state index contributed by atoms with van der Waals surface area (Å²) >= 11 is 1.00. The van der Waals surface area contributed by atoms with Crippen molar-refractivity contribution in [1.29, 1.82) is 0 Å². The van der Waals surface area contributed by atoms with Crippen LogP contribution in [0.1, 0.15) is 10.5 Å². The molecule has 6 heteroatoms. The highest BCUT2D eigenvalue weighted by atomic mass is 32.1. The van der Waals surface area contributed by atoms with Crippen LogP contribution < -0.4 is 4.74 Å². The molecule has 0 unspecified atom stereocenters. The smallest absolute Gasteiger partial charge is 0.355 e. The topological polar surface area (TPSA) is 59.4 Å². The molecule has 0 amide bonds. The summed E-state index contributed by atoms with van der Waals surface area (Å²) in [5.74, 6) is -1.64. The molecule has 4 nitrogen and oxygen atoms in total. The number of hydrogen-bond acceptors (Lipinski definition) is 4. The van der Waals surface area contributed by atoms with Gasteiger partial charge in [-0.2, -0.15) is 4.98 Å². The lowest BCUT2D eigenvalue weighted by Gasteiger charge is -2.01. The lowest BCUT2D eigenvalue weighted by molar-refractivity contribution is 0.0690. The Balaban J connectivity index is 2.21. The lowest BCUT2D eigenvalue weighted by Crippen LogP contribution is -1.96. The van der Waals surface area contributed by atoms with Gasteiger partial charge in [-0.3, -0.25) is 0 Å². The largest absolute Gasteiger partial charge is 0.476 e. The van der Waals surface area contributed by atoms with Crippen LogP contribution in [0.2, 0.25) is 0 Å². The van der Waals surface area contributed by atoms with E-state index in [-0.39, 0.29) is 16.6 Å². The summed E-state index contributed by atoms with van der Waals surface area (Å²) in [6, 6.07) is 5.84. The SMILES string of the molecule is O=C(O)c1csc(Oc2ccccc2F)n1. The maximum atomic E-state index is 13.2. The van der Waals surface area contributed by atoms with Gasteiger partial charge < -0.3 is 9.84 Å². The summed E-state index contributed by atoms with van der Waals surface area (Å²) in [5.41, 5.74) is -0.115. The standard InChI is InChI=1S/C10H6FNO3S/c11-6-3-1-2-4-8(6)15-10-12-7(5-16-10)9(13)14/h1-5H,(H,13,14). The molecule has 0 atom stereocenters. The number of aromatic carboxylic acids is 1. The van der Waals surface area contributed by atoms with Gasteiger partial charge in [-0.05, 0) is 12.1 Å². The van der Waals surface area contributed by atoms with Gasteiger partial charge in [0.2, 0.25) is 0 Å². The average Bonchev–Trinajstić information content (AvgIpc) is 2.70. The second-order valence-corrected chi connectivity index (χ2v) is 3.66. The van der Waals surface area contributed by atoms with Gasteiger partial charge in [0.05, 0.1) is 0 Å². The van der Waals surface area contributed by atoms with Crippen molar-refractivity contribution < 1.29 is 19.0 Å². The van der Waals surface area contributed by atoms with Crippen LogP contribution in [0.15, 0.2) is 29.6 Å². The van der Waals surface area contributed by atoms with E-state index in [1.165, 1.54) is 23.6 Å². The number of carbonyl (C=O) groups is 1. The molecular weight excluding hydrogens is 233 g/mol. The zero-order chi connectivity index (χ0) is 11.5. The summed E-state index contributed by atoms with van der Waals surface area (Å²) in [6.07, 6.45) is 0. The van der Waals surface area contributed by atoms with Crippen LogP contribution >= 0.6 is 11.3 Å². The fraction of sp³-hybridized carbons (Fsp3) is 0. The van der Waals surface area contributed by atoms with E-state index >= 15 is 0 Å². The number of carboxylic acids is 1. The van der Waals surface area contributed by atoms with E-state index in [9.17, 15) is 9.18 Å². The van der Waals surface area contributed by atoms with Crippen molar-refractivity contribution in [1.82, 2.24) is 4.98 Å². The minimum atomic E-state index is -1.14. The Kier molecular flexibility index (Phi) is 2.82. The molecular formula is C10H6FNO3S. The zero-order valence-electron chi connectivity index (χ0n) is 7.88. The van der Waals surface area contributed by atoms with Crippen LogP contribution in [0.4, 0.5) is 4.39 Å². The van der Waals surface area contributed by atoms with E-state index in [1.54, 1.807) is 6.07 Å². The zero-order valence-corrected chi connectivity index (χ0v) is 8.70. The molecule has 0 spiro atoms. The summed E-state index contributed by atoms with van der Waals surface area (Å²) in [7, 11) is 0. The van der Waals surface area contributed by atoms with E-state index in [2.05, 4.69) is 4.98 Å². The molecule has 0 radical (unpaired) electrons. The molecule has 0 saturated carbocycles. The molecule has 82 valence electrons. The highest BCUT2D eigenvalue weighted by Crippen LogP contribution is 2.26. The van der Waals surface area contributed by atoms with Crippen molar-refractivity contribution >= 4 is 17.3 Å². The molecule has 1 aromatic carbocycles. The Hall–Kier alpha value is -1.95. The van der Waals surface area contributed by atoms with E-state index in [0.29, 0.717) is 0 Å². The third kappa shape index (κ3) is 2.17. The first kappa shape index (κ1) is 10.6. The van der Waals surface area contributed by atoms with Gasteiger partial charge in [0, 0.05) is 5.38 Å². The minimum absolute atomic E-state index is 0.0220. The summed E-state index contributed by atoms with van der Waals surface area (Å²) < 4.78 is 18.3. The Morgan fingerprint density at radius 1 is 1.44 bits per heavy atom. The van der Waals surface area contributed by atoms with E-state index in [0.717, 1.165) is 11.3 Å². The molecule has 0 saturated heterocycles. The van der Waals surface area contributed by atoms with Crippen molar-refractivity contribution in [3.05, 3.63) is 41.2 Å². The average molecular weight is 239 g/mol. The number of benzene rings is 1. The molecule has 0 bridgehead atoms. The first-order chi connectivity index (χ1) is 7.66. The van der Waals surface area contributed by atoms with E-state index in [1.807, 2.05) is 0 Å². The Morgan fingerprint density at radius 2 is 2.19 bits per heavy atom. The van der Waals surface area contributed by atoms with Crippen LogP contribution in [0.3, 0.4) is 0 Å². The number of rotatable bonds is 3. The number of para-hydroxylation sites is 1. The third-order valence-corrected chi connectivity index (χ3v) is 2.45. The van der Waals surface area contributed by atoms with Gasteiger partial charge in [0.25, 0.3) is 5.19 Å². The fourth-order valence-electron chi connectivity index (χ4n) is 1.02. The molecule has 0 aliphatic heterocycles. The minimum Gasteiger partial charge on any atom is -0.476 e. The predicted molar refractivity (Wildman–Crippen MR) is 55.5 cm³/mol. The molecule has 2 rings (SSSR count). The number of halogens is 1. The number of ether oxygens (including phenoxy) is 1.